The van der Waals surface area contributed by atoms with Gasteiger partial charge < -0.3 is 10.1 Å². The number of sulfone groups is 1. The predicted molar refractivity (Wildman–Crippen MR) is 78.5 cm³/mol. The van der Waals surface area contributed by atoms with Crippen molar-refractivity contribution in [2.45, 2.75) is 25.5 Å². The van der Waals surface area contributed by atoms with Crippen molar-refractivity contribution in [3.63, 3.8) is 0 Å². The van der Waals surface area contributed by atoms with Gasteiger partial charge in [0.05, 0.1) is 18.1 Å². The van der Waals surface area contributed by atoms with E-state index in [0.717, 1.165) is 18.7 Å². The lowest BCUT2D eigenvalue weighted by Crippen LogP contribution is -2.28. The van der Waals surface area contributed by atoms with E-state index in [1.807, 2.05) is 24.3 Å². The van der Waals surface area contributed by atoms with Gasteiger partial charge in [-0.05, 0) is 44.5 Å². The number of hydrogen-bond donors (Lipinski definition) is 1. The highest BCUT2D eigenvalue weighted by molar-refractivity contribution is 7.92. The highest BCUT2D eigenvalue weighted by atomic mass is 32.2. The molecule has 0 bridgehead atoms. The Bertz CT molecular complexity index is 483. The number of hydrogen-bond acceptors (Lipinski definition) is 4. The molecule has 0 aromatic heterocycles. The molecule has 0 heterocycles. The molecule has 19 heavy (non-hydrogen) atoms. The molecule has 0 amide bonds. The van der Waals surface area contributed by atoms with Gasteiger partial charge in [-0.3, -0.25) is 0 Å². The Kier molecular flexibility index (Phi) is 6.31. The van der Waals surface area contributed by atoms with Crippen molar-refractivity contribution in [2.75, 3.05) is 26.0 Å². The zero-order valence-corrected chi connectivity index (χ0v) is 12.7. The monoisotopic (exact) mass is 285 g/mol. The smallest absolute Gasteiger partial charge is 0.153 e. The van der Waals surface area contributed by atoms with Crippen LogP contribution in [0.5, 0.6) is 5.75 Å². The quantitative estimate of drug-likeness (QED) is 0.738. The minimum absolute atomic E-state index is 0.197. The molecule has 0 saturated heterocycles. The maximum Gasteiger partial charge on any atom is 0.153 e. The van der Waals surface area contributed by atoms with Crippen molar-refractivity contribution in [3.8, 4) is 5.75 Å². The molecule has 108 valence electrons. The summed E-state index contributed by atoms with van der Waals surface area (Å²) in [4.78, 5) is 0. The number of benzene rings is 1. The first kappa shape index (κ1) is 16.0. The minimum Gasteiger partial charge on any atom is -0.497 e. The van der Waals surface area contributed by atoms with Crippen LogP contribution in [0.4, 0.5) is 0 Å². The fraction of sp³-hybridized carbons (Fsp3) is 0.571. The van der Waals surface area contributed by atoms with Crippen LogP contribution in [0.15, 0.2) is 24.3 Å². The van der Waals surface area contributed by atoms with Crippen LogP contribution in [0.25, 0.3) is 0 Å². The third kappa shape index (κ3) is 5.61. The third-order valence-electron chi connectivity index (χ3n) is 3.01. The molecule has 1 aromatic carbocycles. The molecule has 1 aromatic rings. The first-order valence-corrected chi connectivity index (χ1v) is 8.22. The maximum atomic E-state index is 11.6. The topological polar surface area (TPSA) is 55.4 Å². The molecule has 0 unspecified atom stereocenters. The lowest BCUT2D eigenvalue weighted by atomic mass is 10.1. The molecule has 5 heteroatoms. The normalized spacial score (nSPS) is 11.8. The molecule has 4 nitrogen and oxygen atoms in total. The SMILES string of the molecule is COc1cccc(CCNCCS(=O)(=O)C(C)C)c1. The number of ether oxygens (including phenoxy) is 1. The Morgan fingerprint density at radius 2 is 2.00 bits per heavy atom. The largest absolute Gasteiger partial charge is 0.497 e. The van der Waals surface area contributed by atoms with Crippen molar-refractivity contribution in [1.29, 1.82) is 0 Å². The molecule has 1 N–H and O–H groups in total. The van der Waals surface area contributed by atoms with Crippen molar-refractivity contribution < 1.29 is 13.2 Å². The van der Waals surface area contributed by atoms with E-state index in [0.29, 0.717) is 6.54 Å². The second-order valence-electron chi connectivity index (χ2n) is 4.77. The van der Waals surface area contributed by atoms with Crippen molar-refractivity contribution >= 4 is 9.84 Å². The van der Waals surface area contributed by atoms with E-state index in [-0.39, 0.29) is 11.0 Å². The van der Waals surface area contributed by atoms with Crippen molar-refractivity contribution in [1.82, 2.24) is 5.32 Å². The molecule has 0 aliphatic rings. The first-order chi connectivity index (χ1) is 8.95. The van der Waals surface area contributed by atoms with E-state index < -0.39 is 9.84 Å². The minimum atomic E-state index is -2.94. The average Bonchev–Trinajstić information content (AvgIpc) is 2.38. The number of nitrogens with one attached hydrogen (secondary N) is 1. The van der Waals surface area contributed by atoms with Crippen molar-refractivity contribution in [2.24, 2.45) is 0 Å². The van der Waals surface area contributed by atoms with Crippen LogP contribution < -0.4 is 10.1 Å². The molecule has 0 spiro atoms. The molecule has 1 rings (SSSR count). The Labute approximate surface area is 116 Å². The highest BCUT2D eigenvalue weighted by Gasteiger charge is 2.14. The van der Waals surface area contributed by atoms with E-state index in [9.17, 15) is 8.42 Å². The Hall–Kier alpha value is -1.07. The summed E-state index contributed by atoms with van der Waals surface area (Å²) in [5, 5.41) is 2.86. The van der Waals surface area contributed by atoms with E-state index in [1.165, 1.54) is 5.56 Å². The maximum absolute atomic E-state index is 11.6. The fourth-order valence-corrected chi connectivity index (χ4v) is 2.54. The van der Waals surface area contributed by atoms with Crippen LogP contribution >= 0.6 is 0 Å². The standard InChI is InChI=1S/C14H23NO3S/c1-12(2)19(16,17)10-9-15-8-7-13-5-4-6-14(11-13)18-3/h4-6,11-12,15H,7-10H2,1-3H3. The van der Waals surface area contributed by atoms with Crippen LogP contribution in [0.1, 0.15) is 19.4 Å². The molecule has 0 radical (unpaired) electrons. The summed E-state index contributed by atoms with van der Waals surface area (Å²) in [7, 11) is -1.29. The van der Waals surface area contributed by atoms with Gasteiger partial charge >= 0.3 is 0 Å². The van der Waals surface area contributed by atoms with Gasteiger partial charge in [-0.25, -0.2) is 8.42 Å². The number of methoxy groups -OCH3 is 1. The summed E-state index contributed by atoms with van der Waals surface area (Å²) in [5.74, 6) is 1.04. The van der Waals surface area contributed by atoms with E-state index in [4.69, 9.17) is 4.74 Å². The van der Waals surface area contributed by atoms with Gasteiger partial charge in [0, 0.05) is 6.54 Å². The summed E-state index contributed by atoms with van der Waals surface area (Å²) in [5.41, 5.74) is 1.18. The number of rotatable bonds is 8. The average molecular weight is 285 g/mol. The molecule has 0 saturated carbocycles. The Balaban J connectivity index is 2.28. The predicted octanol–water partition coefficient (Wildman–Crippen LogP) is 1.65. The molecular weight excluding hydrogens is 262 g/mol. The van der Waals surface area contributed by atoms with Gasteiger partial charge in [-0.15, -0.1) is 0 Å². The van der Waals surface area contributed by atoms with Gasteiger partial charge in [-0.2, -0.15) is 0 Å². The third-order valence-corrected chi connectivity index (χ3v) is 5.22. The summed E-state index contributed by atoms with van der Waals surface area (Å²) in [6.45, 7) is 4.70. The molecule has 0 fully saturated rings. The van der Waals surface area contributed by atoms with Crippen LogP contribution in [-0.2, 0) is 16.3 Å². The lowest BCUT2D eigenvalue weighted by Gasteiger charge is -2.09. The summed E-state index contributed by atoms with van der Waals surface area (Å²) >= 11 is 0. The Morgan fingerprint density at radius 1 is 1.26 bits per heavy atom. The molecule has 0 aliphatic carbocycles. The van der Waals surface area contributed by atoms with Crippen LogP contribution in [0.2, 0.25) is 0 Å². The van der Waals surface area contributed by atoms with E-state index >= 15 is 0 Å². The van der Waals surface area contributed by atoms with Crippen LogP contribution in [0.3, 0.4) is 0 Å². The van der Waals surface area contributed by atoms with Gasteiger partial charge in [0.15, 0.2) is 9.84 Å². The van der Waals surface area contributed by atoms with Gasteiger partial charge in [0.25, 0.3) is 0 Å². The van der Waals surface area contributed by atoms with E-state index in [1.54, 1.807) is 21.0 Å². The van der Waals surface area contributed by atoms with Crippen molar-refractivity contribution in [3.05, 3.63) is 29.8 Å². The highest BCUT2D eigenvalue weighted by Crippen LogP contribution is 2.12. The van der Waals surface area contributed by atoms with Gasteiger partial charge in [0.1, 0.15) is 5.75 Å². The molecule has 0 atom stereocenters. The fourth-order valence-electron chi connectivity index (χ4n) is 1.64. The first-order valence-electron chi connectivity index (χ1n) is 6.51. The second-order valence-corrected chi connectivity index (χ2v) is 7.44. The second kappa shape index (κ2) is 7.50. The van der Waals surface area contributed by atoms with E-state index in [2.05, 4.69) is 5.32 Å². The van der Waals surface area contributed by atoms with Crippen LogP contribution in [0, 0.1) is 0 Å². The summed E-state index contributed by atoms with van der Waals surface area (Å²) in [6, 6.07) is 7.89. The molecular formula is C14H23NO3S. The lowest BCUT2D eigenvalue weighted by molar-refractivity contribution is 0.414. The summed E-state index contributed by atoms with van der Waals surface area (Å²) in [6.07, 6.45) is 0.860. The summed E-state index contributed by atoms with van der Waals surface area (Å²) < 4.78 is 28.3. The zero-order valence-electron chi connectivity index (χ0n) is 11.8. The Morgan fingerprint density at radius 3 is 2.63 bits per heavy atom. The van der Waals surface area contributed by atoms with Crippen LogP contribution in [-0.4, -0.2) is 39.6 Å². The zero-order chi connectivity index (χ0) is 14.3. The molecule has 0 aliphatic heterocycles. The van der Waals surface area contributed by atoms with Gasteiger partial charge in [0.2, 0.25) is 0 Å². The van der Waals surface area contributed by atoms with Gasteiger partial charge in [-0.1, -0.05) is 12.1 Å².